The number of ether oxygens (including phenoxy) is 1. The quantitative estimate of drug-likeness (QED) is 0.871. The van der Waals surface area contributed by atoms with Crippen molar-refractivity contribution in [3.05, 3.63) is 26.9 Å². The largest absolute Gasteiger partial charge is 0.465 e. The van der Waals surface area contributed by atoms with Crippen molar-refractivity contribution in [1.29, 1.82) is 0 Å². The van der Waals surface area contributed by atoms with E-state index >= 15 is 0 Å². The number of hydrogen-bond donors (Lipinski definition) is 1. The summed E-state index contributed by atoms with van der Waals surface area (Å²) in [6.45, 7) is 1.80. The van der Waals surface area contributed by atoms with Gasteiger partial charge < -0.3 is 4.74 Å². The summed E-state index contributed by atoms with van der Waals surface area (Å²) in [5, 5.41) is 11.4. The minimum atomic E-state index is -0.453. The maximum atomic E-state index is 11.8. The van der Waals surface area contributed by atoms with Crippen LogP contribution in [0.3, 0.4) is 0 Å². The van der Waals surface area contributed by atoms with Crippen LogP contribution in [-0.4, -0.2) is 29.2 Å². The Balaban J connectivity index is 2.09. The molecule has 1 N–H and O–H groups in total. The third kappa shape index (κ3) is 2.71. The van der Waals surface area contributed by atoms with Crippen molar-refractivity contribution in [2.24, 2.45) is 0 Å². The molecule has 0 fully saturated rings. The Labute approximate surface area is 111 Å². The van der Waals surface area contributed by atoms with Crippen LogP contribution in [0, 0.1) is 6.92 Å². The van der Waals surface area contributed by atoms with Gasteiger partial charge in [0.25, 0.3) is 5.91 Å². The summed E-state index contributed by atoms with van der Waals surface area (Å²) in [5.41, 5.74) is 0. The van der Waals surface area contributed by atoms with Crippen LogP contribution in [0.15, 0.2) is 12.1 Å². The molecule has 0 bridgehead atoms. The molecule has 6 nitrogen and oxygen atoms in total. The number of methoxy groups -OCH3 is 1. The molecule has 18 heavy (non-hydrogen) atoms. The van der Waals surface area contributed by atoms with E-state index in [0.29, 0.717) is 14.9 Å². The maximum absolute atomic E-state index is 11.8. The number of thiophene rings is 1. The standard InChI is InChI=1S/C10H9N3O3S2/c1-5-12-13-10(17-5)11-8(14)6-3-4-7(18-6)9(15)16-2/h3-4H,1-2H3,(H,11,13,14). The highest BCUT2D eigenvalue weighted by Gasteiger charge is 2.15. The number of aromatic nitrogens is 2. The minimum absolute atomic E-state index is 0.314. The zero-order valence-electron chi connectivity index (χ0n) is 9.59. The van der Waals surface area contributed by atoms with Gasteiger partial charge in [-0.3, -0.25) is 10.1 Å². The molecule has 94 valence electrons. The van der Waals surface area contributed by atoms with Crippen LogP contribution in [0.5, 0.6) is 0 Å². The molecule has 0 aliphatic rings. The van der Waals surface area contributed by atoms with E-state index in [-0.39, 0.29) is 5.91 Å². The predicted molar refractivity (Wildman–Crippen MR) is 68.3 cm³/mol. The zero-order chi connectivity index (χ0) is 13.1. The molecule has 8 heteroatoms. The van der Waals surface area contributed by atoms with Crippen LogP contribution >= 0.6 is 22.7 Å². The summed E-state index contributed by atoms with van der Waals surface area (Å²) in [5.74, 6) is -0.767. The Hall–Kier alpha value is -1.80. The molecule has 0 aromatic carbocycles. The molecule has 0 aliphatic heterocycles. The first-order chi connectivity index (χ1) is 8.60. The number of anilines is 1. The number of esters is 1. The van der Waals surface area contributed by atoms with Gasteiger partial charge in [-0.25, -0.2) is 4.79 Å². The summed E-state index contributed by atoms with van der Waals surface area (Å²) < 4.78 is 4.57. The lowest BCUT2D eigenvalue weighted by Crippen LogP contribution is -2.09. The summed E-state index contributed by atoms with van der Waals surface area (Å²) in [6, 6.07) is 3.12. The van der Waals surface area contributed by atoms with E-state index in [4.69, 9.17) is 0 Å². The van der Waals surface area contributed by atoms with Crippen LogP contribution in [-0.2, 0) is 4.74 Å². The first-order valence-electron chi connectivity index (χ1n) is 4.90. The third-order valence-corrected chi connectivity index (χ3v) is 3.78. The van der Waals surface area contributed by atoms with Gasteiger partial charge in [0.1, 0.15) is 9.88 Å². The second kappa shape index (κ2) is 5.23. The van der Waals surface area contributed by atoms with E-state index < -0.39 is 5.97 Å². The van der Waals surface area contributed by atoms with E-state index in [0.717, 1.165) is 16.3 Å². The molecule has 0 radical (unpaired) electrons. The lowest BCUT2D eigenvalue weighted by Gasteiger charge is -1.96. The second-order valence-electron chi connectivity index (χ2n) is 3.24. The van der Waals surface area contributed by atoms with E-state index in [1.165, 1.54) is 18.4 Å². The molecule has 0 saturated carbocycles. The predicted octanol–water partition coefficient (Wildman–Crippen LogP) is 1.95. The lowest BCUT2D eigenvalue weighted by atomic mass is 10.4. The molecular weight excluding hydrogens is 274 g/mol. The smallest absolute Gasteiger partial charge is 0.348 e. The summed E-state index contributed by atoms with van der Waals surface area (Å²) >= 11 is 2.36. The number of hydrogen-bond acceptors (Lipinski definition) is 7. The van der Waals surface area contributed by atoms with Gasteiger partial charge in [-0.2, -0.15) is 0 Å². The first-order valence-corrected chi connectivity index (χ1v) is 6.53. The maximum Gasteiger partial charge on any atom is 0.348 e. The van der Waals surface area contributed by atoms with E-state index in [9.17, 15) is 9.59 Å². The van der Waals surface area contributed by atoms with Crippen molar-refractivity contribution in [2.45, 2.75) is 6.92 Å². The van der Waals surface area contributed by atoms with Crippen molar-refractivity contribution >= 4 is 39.7 Å². The molecule has 2 aromatic rings. The molecule has 1 amide bonds. The molecule has 0 saturated heterocycles. The Kier molecular flexibility index (Phi) is 3.68. The Morgan fingerprint density at radius 1 is 1.22 bits per heavy atom. The van der Waals surface area contributed by atoms with Crippen LogP contribution in [0.2, 0.25) is 0 Å². The van der Waals surface area contributed by atoms with Crippen LogP contribution < -0.4 is 5.32 Å². The van der Waals surface area contributed by atoms with Gasteiger partial charge in [0.2, 0.25) is 5.13 Å². The Morgan fingerprint density at radius 2 is 1.94 bits per heavy atom. The molecule has 2 aromatic heterocycles. The van der Waals surface area contributed by atoms with Gasteiger partial charge in [0.05, 0.1) is 12.0 Å². The van der Waals surface area contributed by atoms with E-state index in [1.54, 1.807) is 19.1 Å². The fourth-order valence-electron chi connectivity index (χ4n) is 1.18. The highest BCUT2D eigenvalue weighted by molar-refractivity contribution is 7.16. The van der Waals surface area contributed by atoms with Crippen molar-refractivity contribution in [2.75, 3.05) is 12.4 Å². The Bertz CT molecular complexity index is 591. The van der Waals surface area contributed by atoms with Crippen molar-refractivity contribution in [3.8, 4) is 0 Å². The third-order valence-electron chi connectivity index (χ3n) is 1.96. The van der Waals surface area contributed by atoms with Crippen LogP contribution in [0.25, 0.3) is 0 Å². The fourth-order valence-corrected chi connectivity index (χ4v) is 2.58. The zero-order valence-corrected chi connectivity index (χ0v) is 11.2. The summed E-state index contributed by atoms with van der Waals surface area (Å²) in [7, 11) is 1.30. The van der Waals surface area contributed by atoms with E-state index in [2.05, 4.69) is 20.3 Å². The Morgan fingerprint density at radius 3 is 2.56 bits per heavy atom. The number of amides is 1. The lowest BCUT2D eigenvalue weighted by molar-refractivity contribution is 0.0606. The topological polar surface area (TPSA) is 81.2 Å². The monoisotopic (exact) mass is 283 g/mol. The number of aryl methyl sites for hydroxylation is 1. The molecule has 2 rings (SSSR count). The number of nitrogens with one attached hydrogen (secondary N) is 1. The van der Waals surface area contributed by atoms with Gasteiger partial charge >= 0.3 is 5.97 Å². The van der Waals surface area contributed by atoms with Crippen molar-refractivity contribution < 1.29 is 14.3 Å². The average molecular weight is 283 g/mol. The van der Waals surface area contributed by atoms with Gasteiger partial charge in [0, 0.05) is 0 Å². The first kappa shape index (κ1) is 12.7. The van der Waals surface area contributed by atoms with Gasteiger partial charge in [-0.05, 0) is 19.1 Å². The number of carbonyl (C=O) groups is 2. The SMILES string of the molecule is COC(=O)c1ccc(C(=O)Nc2nnc(C)s2)s1. The molecule has 0 spiro atoms. The molecule has 0 aliphatic carbocycles. The van der Waals surface area contributed by atoms with Crippen LogP contribution in [0.1, 0.15) is 24.4 Å². The van der Waals surface area contributed by atoms with Crippen LogP contribution in [0.4, 0.5) is 5.13 Å². The minimum Gasteiger partial charge on any atom is -0.465 e. The average Bonchev–Trinajstić information content (AvgIpc) is 2.97. The summed E-state index contributed by atoms with van der Waals surface area (Å²) in [4.78, 5) is 23.9. The van der Waals surface area contributed by atoms with Gasteiger partial charge in [-0.15, -0.1) is 21.5 Å². The van der Waals surface area contributed by atoms with Gasteiger partial charge in [0.15, 0.2) is 0 Å². The second-order valence-corrected chi connectivity index (χ2v) is 5.50. The highest BCUT2D eigenvalue weighted by atomic mass is 32.1. The van der Waals surface area contributed by atoms with Crippen molar-refractivity contribution in [1.82, 2.24) is 10.2 Å². The number of rotatable bonds is 3. The van der Waals surface area contributed by atoms with E-state index in [1.807, 2.05) is 0 Å². The van der Waals surface area contributed by atoms with Gasteiger partial charge in [-0.1, -0.05) is 11.3 Å². The van der Waals surface area contributed by atoms with Crippen molar-refractivity contribution in [3.63, 3.8) is 0 Å². The summed E-state index contributed by atoms with van der Waals surface area (Å²) in [6.07, 6.45) is 0. The molecular formula is C10H9N3O3S2. The molecule has 0 atom stereocenters. The fraction of sp³-hybridized carbons (Fsp3) is 0.200. The molecule has 0 unspecified atom stereocenters. The number of nitrogens with zero attached hydrogens (tertiary/aromatic N) is 2. The number of carbonyl (C=O) groups excluding carboxylic acids is 2. The molecule has 2 heterocycles. The highest BCUT2D eigenvalue weighted by Crippen LogP contribution is 2.20. The normalized spacial score (nSPS) is 10.1.